The van der Waals surface area contributed by atoms with Crippen LogP contribution in [-0.2, 0) is 9.59 Å². The van der Waals surface area contributed by atoms with Crippen molar-refractivity contribution in [2.45, 2.75) is 155 Å². The minimum absolute atomic E-state index is 0.145. The molecule has 0 aromatic carbocycles. The maximum Gasteiger partial charge on any atom is 0.139 e. The predicted octanol–water partition coefficient (Wildman–Crippen LogP) is 5.86. The average Bonchev–Trinajstić information content (AvgIpc) is 3.43. The summed E-state index contributed by atoms with van der Waals surface area (Å²) in [5.74, 6) is 4.54. The maximum absolute atomic E-state index is 12.4. The summed E-state index contributed by atoms with van der Waals surface area (Å²) >= 11 is 0. The molecule has 0 spiro atoms. The van der Waals surface area contributed by atoms with Gasteiger partial charge < -0.3 is 20.4 Å². The van der Waals surface area contributed by atoms with Crippen LogP contribution in [0.25, 0.3) is 0 Å². The lowest BCUT2D eigenvalue weighted by Crippen LogP contribution is -2.59. The Morgan fingerprint density at radius 3 is 1.32 bits per heavy atom. The topological polar surface area (TPSA) is 115 Å². The number of Topliss-reactive ketones (excluding diaryl/α,β-unsaturated/α-hetero) is 2. The van der Waals surface area contributed by atoms with Gasteiger partial charge in [0.15, 0.2) is 0 Å². The zero-order chi connectivity index (χ0) is 31.4. The van der Waals surface area contributed by atoms with Gasteiger partial charge in [-0.1, -0.05) is 27.7 Å². The second-order valence-corrected chi connectivity index (χ2v) is 18.3. The van der Waals surface area contributed by atoms with E-state index in [2.05, 4.69) is 27.7 Å². The molecule has 248 valence electrons. The number of carbonyl (C=O) groups is 2. The number of hydrogen-bond acceptors (Lipinski definition) is 6. The summed E-state index contributed by atoms with van der Waals surface area (Å²) < 4.78 is 0. The fraction of sp³-hybridized carbons (Fsp3) is 0.947. The van der Waals surface area contributed by atoms with Crippen molar-refractivity contribution in [3.05, 3.63) is 0 Å². The van der Waals surface area contributed by atoms with Crippen molar-refractivity contribution in [1.29, 1.82) is 0 Å². The van der Waals surface area contributed by atoms with Gasteiger partial charge in [-0.15, -0.1) is 0 Å². The molecule has 0 aromatic rings. The van der Waals surface area contributed by atoms with Gasteiger partial charge in [-0.3, -0.25) is 9.59 Å². The molecule has 44 heavy (non-hydrogen) atoms. The summed E-state index contributed by atoms with van der Waals surface area (Å²) in [6.07, 6.45) is 14.2. The van der Waals surface area contributed by atoms with Gasteiger partial charge in [0.1, 0.15) is 11.6 Å². The van der Waals surface area contributed by atoms with Gasteiger partial charge in [0.05, 0.1) is 24.4 Å². The van der Waals surface area contributed by atoms with Crippen molar-refractivity contribution >= 4 is 11.6 Å². The molecule has 0 aliphatic heterocycles. The van der Waals surface area contributed by atoms with Gasteiger partial charge in [-0.2, -0.15) is 0 Å². The smallest absolute Gasteiger partial charge is 0.139 e. The molecular weight excluding hydrogens is 552 g/mol. The van der Waals surface area contributed by atoms with Crippen LogP contribution in [-0.4, -0.2) is 56.4 Å². The number of hydrogen-bond donors (Lipinski definition) is 4. The molecule has 16 atom stereocenters. The molecule has 0 aromatic heterocycles. The zero-order valence-corrected chi connectivity index (χ0v) is 27.8. The van der Waals surface area contributed by atoms with Crippen LogP contribution in [0.2, 0.25) is 0 Å². The van der Waals surface area contributed by atoms with Crippen molar-refractivity contribution in [3.63, 3.8) is 0 Å². The fourth-order valence-corrected chi connectivity index (χ4v) is 14.3. The summed E-state index contributed by atoms with van der Waals surface area (Å²) in [7, 11) is 0. The van der Waals surface area contributed by atoms with Crippen LogP contribution in [0, 0.1) is 69.0 Å². The van der Waals surface area contributed by atoms with E-state index < -0.39 is 0 Å². The van der Waals surface area contributed by atoms with Crippen molar-refractivity contribution < 1.29 is 30.0 Å². The Labute approximate surface area is 265 Å². The highest BCUT2D eigenvalue weighted by molar-refractivity contribution is 5.87. The molecule has 6 heteroatoms. The van der Waals surface area contributed by atoms with Crippen LogP contribution in [0.4, 0.5) is 0 Å². The van der Waals surface area contributed by atoms with E-state index in [4.69, 9.17) is 0 Å². The number of aliphatic hydroxyl groups excluding tert-OH is 4. The standard InChI is InChI=1S/2C19H30O3/c2*1-18-8-7-12(20)9-11(18)3-4-13-14-5-6-16(22)19(14,2)10-15(21)17(13)18/h2*11-15,17,20-21H,3-10H2,1-2H3/t2*11-,12+,13-,14-,15-,17+,18-,19-/m00/s1. The molecule has 4 N–H and O–H groups in total. The van der Waals surface area contributed by atoms with E-state index in [0.717, 1.165) is 77.0 Å². The molecule has 0 saturated heterocycles. The molecule has 0 bridgehead atoms. The first-order valence-electron chi connectivity index (χ1n) is 18.5. The molecule has 8 aliphatic carbocycles. The molecule has 6 nitrogen and oxygen atoms in total. The highest BCUT2D eigenvalue weighted by Gasteiger charge is 2.64. The Morgan fingerprint density at radius 2 is 0.932 bits per heavy atom. The van der Waals surface area contributed by atoms with Crippen molar-refractivity contribution in [1.82, 2.24) is 0 Å². The SMILES string of the molecule is C[C@]12CC[C@@H](O)C[C@@H]1CC[C@@H]1[C@@H]2[C@@H](O)C[C@]2(C)C(=O)CC[C@@H]12.C[C@]12CC[C@@H](O)C[C@@H]1CC[C@@H]1[C@@H]2[C@@H](O)C[C@]2(C)C(=O)CC[C@@H]12. The minimum atomic E-state index is -0.337. The predicted molar refractivity (Wildman–Crippen MR) is 168 cm³/mol. The Morgan fingerprint density at radius 1 is 0.545 bits per heavy atom. The van der Waals surface area contributed by atoms with Gasteiger partial charge in [0.2, 0.25) is 0 Å². The zero-order valence-electron chi connectivity index (χ0n) is 27.8. The van der Waals surface area contributed by atoms with E-state index in [-0.39, 0.29) is 46.1 Å². The number of carbonyl (C=O) groups excluding carboxylic acids is 2. The van der Waals surface area contributed by atoms with E-state index >= 15 is 0 Å². The van der Waals surface area contributed by atoms with Crippen molar-refractivity contribution in [2.75, 3.05) is 0 Å². The number of aliphatic hydroxyl groups is 4. The highest BCUT2D eigenvalue weighted by atomic mass is 16.3. The fourth-order valence-electron chi connectivity index (χ4n) is 14.3. The first kappa shape index (κ1) is 31.8. The van der Waals surface area contributed by atoms with Gasteiger partial charge in [-0.05, 0) is 148 Å². The summed E-state index contributed by atoms with van der Waals surface area (Å²) in [5, 5.41) is 42.1. The van der Waals surface area contributed by atoms with E-state index in [1.807, 2.05) is 0 Å². The van der Waals surface area contributed by atoms with E-state index in [9.17, 15) is 30.0 Å². The average molecular weight is 613 g/mol. The summed E-state index contributed by atoms with van der Waals surface area (Å²) in [6.45, 7) is 8.96. The highest BCUT2D eigenvalue weighted by Crippen LogP contribution is 2.67. The number of rotatable bonds is 0. The molecule has 0 radical (unpaired) electrons. The van der Waals surface area contributed by atoms with Crippen molar-refractivity contribution in [2.24, 2.45) is 69.0 Å². The van der Waals surface area contributed by atoms with E-state index in [1.165, 1.54) is 12.8 Å². The summed E-state index contributed by atoms with van der Waals surface area (Å²) in [5.41, 5.74) is -0.209. The van der Waals surface area contributed by atoms with Crippen molar-refractivity contribution in [3.8, 4) is 0 Å². The first-order chi connectivity index (χ1) is 20.7. The number of ketones is 2. The van der Waals surface area contributed by atoms with E-state index in [0.29, 0.717) is 71.8 Å². The van der Waals surface area contributed by atoms with Crippen LogP contribution in [0.1, 0.15) is 130 Å². The molecular formula is C38H60O6. The third kappa shape index (κ3) is 4.53. The van der Waals surface area contributed by atoms with Gasteiger partial charge >= 0.3 is 0 Å². The molecule has 8 saturated carbocycles. The van der Waals surface area contributed by atoms with Crippen LogP contribution in [0.3, 0.4) is 0 Å². The largest absolute Gasteiger partial charge is 0.393 e. The summed E-state index contributed by atoms with van der Waals surface area (Å²) in [4.78, 5) is 24.8. The lowest BCUT2D eigenvalue weighted by Gasteiger charge is -2.61. The molecule has 8 aliphatic rings. The van der Waals surface area contributed by atoms with E-state index in [1.54, 1.807) is 0 Å². The van der Waals surface area contributed by atoms with Gasteiger partial charge in [0, 0.05) is 23.7 Å². The summed E-state index contributed by atoms with van der Waals surface area (Å²) in [6, 6.07) is 0. The van der Waals surface area contributed by atoms with Crippen LogP contribution >= 0.6 is 0 Å². The van der Waals surface area contributed by atoms with Crippen LogP contribution in [0.5, 0.6) is 0 Å². The van der Waals surface area contributed by atoms with Gasteiger partial charge in [0.25, 0.3) is 0 Å². The second kappa shape index (κ2) is 10.9. The third-order valence-electron chi connectivity index (χ3n) is 16.6. The first-order valence-corrected chi connectivity index (χ1v) is 18.5. The maximum atomic E-state index is 12.4. The Balaban J connectivity index is 0.000000142. The monoisotopic (exact) mass is 612 g/mol. The third-order valence-corrected chi connectivity index (χ3v) is 16.6. The van der Waals surface area contributed by atoms with Crippen LogP contribution < -0.4 is 0 Å². The quantitative estimate of drug-likeness (QED) is 0.273. The normalized spacial score (nSPS) is 57.9. The lowest BCUT2D eigenvalue weighted by atomic mass is 9.44. The lowest BCUT2D eigenvalue weighted by molar-refractivity contribution is -0.175. The molecule has 0 heterocycles. The Kier molecular flexibility index (Phi) is 7.84. The Hall–Kier alpha value is -0.820. The number of fused-ring (bicyclic) bond motifs is 10. The molecule has 0 unspecified atom stereocenters. The molecule has 8 rings (SSSR count). The second-order valence-electron chi connectivity index (χ2n) is 18.3. The van der Waals surface area contributed by atoms with Gasteiger partial charge in [-0.25, -0.2) is 0 Å². The molecule has 8 fully saturated rings. The molecule has 0 amide bonds. The van der Waals surface area contributed by atoms with Crippen LogP contribution in [0.15, 0.2) is 0 Å². The minimum Gasteiger partial charge on any atom is -0.393 e. The Bertz CT molecular complexity index is 1070.